The van der Waals surface area contributed by atoms with E-state index in [-0.39, 0.29) is 11.0 Å². The van der Waals surface area contributed by atoms with E-state index in [1.165, 1.54) is 0 Å². The lowest BCUT2D eigenvalue weighted by Crippen LogP contribution is -2.45. The van der Waals surface area contributed by atoms with Crippen molar-refractivity contribution in [2.75, 3.05) is 38.1 Å². The third-order valence-electron chi connectivity index (χ3n) is 4.43. The molecule has 1 aromatic heterocycles. The summed E-state index contributed by atoms with van der Waals surface area (Å²) in [6, 6.07) is 7.76. The minimum absolute atomic E-state index is 0.159. The predicted molar refractivity (Wildman–Crippen MR) is 93.4 cm³/mol. The van der Waals surface area contributed by atoms with Crippen LogP contribution in [0, 0.1) is 0 Å². The molecule has 2 aromatic rings. The van der Waals surface area contributed by atoms with Gasteiger partial charge in [0.2, 0.25) is 0 Å². The van der Waals surface area contributed by atoms with Gasteiger partial charge in [-0.15, -0.1) is 0 Å². The van der Waals surface area contributed by atoms with Crippen LogP contribution in [-0.2, 0) is 6.54 Å². The van der Waals surface area contributed by atoms with E-state index < -0.39 is 0 Å². The number of hydrogen-bond acceptors (Lipinski definition) is 6. The van der Waals surface area contributed by atoms with Crippen molar-refractivity contribution in [2.45, 2.75) is 19.9 Å². The van der Waals surface area contributed by atoms with Crippen molar-refractivity contribution >= 4 is 16.7 Å². The molecule has 1 aliphatic heterocycles. The average Bonchev–Trinajstić information content (AvgIpc) is 2.72. The molecule has 24 heavy (non-hydrogen) atoms. The van der Waals surface area contributed by atoms with E-state index in [9.17, 15) is 10.0 Å². The second-order valence-corrected chi connectivity index (χ2v) is 6.12. The van der Waals surface area contributed by atoms with E-state index in [2.05, 4.69) is 27.0 Å². The van der Waals surface area contributed by atoms with Gasteiger partial charge in [-0.25, -0.2) is 4.98 Å². The molecule has 7 nitrogen and oxygen atoms in total. The number of anilines is 1. The third kappa shape index (κ3) is 2.99. The summed E-state index contributed by atoms with van der Waals surface area (Å²) in [4.78, 5) is 21.6. The summed E-state index contributed by atoms with van der Waals surface area (Å²) in [7, 11) is 2.09. The topological polar surface area (TPSA) is 74.0 Å². The van der Waals surface area contributed by atoms with Crippen molar-refractivity contribution in [1.82, 2.24) is 14.5 Å². The standard InChI is InChI=1S/C17H23N5O2/c1-3-8-22-14-7-5-4-6-13(14)16(18-15(19-24)17(22)23)21-11-9-20(2)10-12-21/h4-7,24H,3,8-12H2,1-2H3. The molecule has 1 aromatic carbocycles. The summed E-state index contributed by atoms with van der Waals surface area (Å²) in [6.07, 6.45) is 0.808. The van der Waals surface area contributed by atoms with E-state index >= 15 is 0 Å². The first-order valence-corrected chi connectivity index (χ1v) is 8.31. The van der Waals surface area contributed by atoms with Gasteiger partial charge in [-0.3, -0.25) is 4.79 Å². The Labute approximate surface area is 140 Å². The van der Waals surface area contributed by atoms with E-state index in [4.69, 9.17) is 0 Å². The number of aryl methyl sites for hydroxylation is 1. The van der Waals surface area contributed by atoms with Crippen molar-refractivity contribution in [3.63, 3.8) is 0 Å². The maximum absolute atomic E-state index is 12.7. The van der Waals surface area contributed by atoms with Gasteiger partial charge in [0.15, 0.2) is 0 Å². The molecule has 0 saturated carbocycles. The van der Waals surface area contributed by atoms with Crippen molar-refractivity contribution in [2.24, 2.45) is 5.16 Å². The number of likely N-dealkylation sites (N-methyl/N-ethyl adjacent to an activating group) is 1. The number of aromatic nitrogens is 2. The summed E-state index contributed by atoms with van der Waals surface area (Å²) in [5.74, 6) is 0.707. The highest BCUT2D eigenvalue weighted by Gasteiger charge is 2.19. The number of hydrogen-bond donors (Lipinski definition) is 1. The lowest BCUT2D eigenvalue weighted by atomic mass is 10.2. The lowest BCUT2D eigenvalue weighted by Gasteiger charge is -2.33. The van der Waals surface area contributed by atoms with Crippen LogP contribution < -0.4 is 15.9 Å². The van der Waals surface area contributed by atoms with E-state index in [0.29, 0.717) is 12.4 Å². The third-order valence-corrected chi connectivity index (χ3v) is 4.43. The maximum atomic E-state index is 12.7. The van der Waals surface area contributed by atoms with Crippen LogP contribution in [0.4, 0.5) is 5.82 Å². The molecule has 0 aliphatic carbocycles. The number of para-hydroxylation sites is 1. The molecule has 7 heteroatoms. The Hall–Kier alpha value is -2.41. The molecule has 1 fully saturated rings. The lowest BCUT2D eigenvalue weighted by molar-refractivity contribution is 0.296. The van der Waals surface area contributed by atoms with E-state index in [0.717, 1.165) is 43.5 Å². The van der Waals surface area contributed by atoms with E-state index in [1.807, 2.05) is 31.2 Å². The summed E-state index contributed by atoms with van der Waals surface area (Å²) in [6.45, 7) is 6.08. The van der Waals surface area contributed by atoms with Crippen LogP contribution >= 0.6 is 0 Å². The summed E-state index contributed by atoms with van der Waals surface area (Å²) < 4.78 is 1.65. The first-order chi connectivity index (χ1) is 11.7. The molecule has 3 rings (SSSR count). The minimum atomic E-state index is -0.365. The first-order valence-electron chi connectivity index (χ1n) is 8.31. The zero-order chi connectivity index (χ0) is 17.1. The molecule has 1 aliphatic rings. The highest BCUT2D eigenvalue weighted by molar-refractivity contribution is 5.89. The van der Waals surface area contributed by atoms with Gasteiger partial charge < -0.3 is 19.6 Å². The molecular formula is C17H23N5O2. The van der Waals surface area contributed by atoms with Gasteiger partial charge >= 0.3 is 0 Å². The Morgan fingerprint density at radius 1 is 1.21 bits per heavy atom. The molecule has 0 unspecified atom stereocenters. The molecule has 2 heterocycles. The van der Waals surface area contributed by atoms with Crippen LogP contribution in [0.5, 0.6) is 0 Å². The van der Waals surface area contributed by atoms with Gasteiger partial charge in [0.05, 0.1) is 5.52 Å². The zero-order valence-electron chi connectivity index (χ0n) is 14.1. The first kappa shape index (κ1) is 16.4. The van der Waals surface area contributed by atoms with Crippen molar-refractivity contribution in [3.8, 4) is 0 Å². The smallest absolute Gasteiger partial charge is 0.299 e. The monoisotopic (exact) mass is 329 g/mol. The van der Waals surface area contributed by atoms with Gasteiger partial charge in [0.1, 0.15) is 5.82 Å². The molecule has 0 atom stereocenters. The summed E-state index contributed by atoms with van der Waals surface area (Å²) in [5.41, 5.74) is 0.296. The molecule has 1 N–H and O–H groups in total. The Morgan fingerprint density at radius 2 is 1.92 bits per heavy atom. The van der Waals surface area contributed by atoms with Crippen LogP contribution in [0.1, 0.15) is 13.3 Å². The average molecular weight is 329 g/mol. The molecule has 0 spiro atoms. The Balaban J connectivity index is 2.32. The number of piperazine rings is 1. The summed E-state index contributed by atoms with van der Waals surface area (Å²) in [5, 5.41) is 13.4. The number of rotatable bonds is 3. The Bertz CT molecular complexity index is 854. The fourth-order valence-electron chi connectivity index (χ4n) is 3.11. The molecule has 0 bridgehead atoms. The molecule has 0 radical (unpaired) electrons. The van der Waals surface area contributed by atoms with Crippen molar-refractivity contribution in [3.05, 3.63) is 40.1 Å². The van der Waals surface area contributed by atoms with Crippen LogP contribution in [0.3, 0.4) is 0 Å². The minimum Gasteiger partial charge on any atom is -0.409 e. The van der Waals surface area contributed by atoms with E-state index in [1.54, 1.807) is 4.57 Å². The SMILES string of the molecule is CCCn1c(=O)c(=NO)nc(N2CCN(C)CC2)c2ccccc21. The van der Waals surface area contributed by atoms with Gasteiger partial charge in [0.25, 0.3) is 11.0 Å². The second-order valence-electron chi connectivity index (χ2n) is 6.12. The van der Waals surface area contributed by atoms with Gasteiger partial charge in [-0.2, -0.15) is 0 Å². The largest absolute Gasteiger partial charge is 0.409 e. The van der Waals surface area contributed by atoms with Gasteiger partial charge in [-0.05, 0) is 25.6 Å². The van der Waals surface area contributed by atoms with Crippen molar-refractivity contribution < 1.29 is 5.21 Å². The fourth-order valence-corrected chi connectivity index (χ4v) is 3.11. The maximum Gasteiger partial charge on any atom is 0.299 e. The predicted octanol–water partition coefficient (Wildman–Crippen LogP) is 0.848. The Morgan fingerprint density at radius 3 is 2.58 bits per heavy atom. The Kier molecular flexibility index (Phi) is 4.80. The number of nitrogens with zero attached hydrogens (tertiary/aromatic N) is 5. The van der Waals surface area contributed by atoms with Crippen LogP contribution in [0.25, 0.3) is 10.9 Å². The normalized spacial score (nSPS) is 16.8. The van der Waals surface area contributed by atoms with Crippen LogP contribution in [0.2, 0.25) is 0 Å². The molecule has 1 saturated heterocycles. The van der Waals surface area contributed by atoms with Gasteiger partial charge in [0, 0.05) is 38.1 Å². The van der Waals surface area contributed by atoms with Crippen LogP contribution in [0.15, 0.2) is 34.2 Å². The molecule has 128 valence electrons. The van der Waals surface area contributed by atoms with Gasteiger partial charge in [-0.1, -0.05) is 24.2 Å². The van der Waals surface area contributed by atoms with Crippen molar-refractivity contribution in [1.29, 1.82) is 0 Å². The molecule has 0 amide bonds. The zero-order valence-corrected chi connectivity index (χ0v) is 14.1. The second kappa shape index (κ2) is 7.00. The van der Waals surface area contributed by atoms with Crippen LogP contribution in [-0.4, -0.2) is 52.9 Å². The quantitative estimate of drug-likeness (QED) is 0.667. The highest BCUT2D eigenvalue weighted by Crippen LogP contribution is 2.23. The number of benzene rings is 1. The number of fused-ring (bicyclic) bond motifs is 1. The molecular weight excluding hydrogens is 306 g/mol. The highest BCUT2D eigenvalue weighted by atomic mass is 16.4. The summed E-state index contributed by atoms with van der Waals surface area (Å²) >= 11 is 0. The fraction of sp³-hybridized carbons (Fsp3) is 0.471.